The van der Waals surface area contributed by atoms with Gasteiger partial charge < -0.3 is 4.74 Å². The zero-order chi connectivity index (χ0) is 38.7. The first-order chi connectivity index (χ1) is 25.5. The molecular formula is C49H56N4O. The molecule has 0 bridgehead atoms. The Morgan fingerprint density at radius 1 is 0.667 bits per heavy atom. The molecule has 4 aromatic carbocycles. The van der Waals surface area contributed by atoms with Gasteiger partial charge in [0.25, 0.3) is 0 Å². The van der Waals surface area contributed by atoms with Crippen LogP contribution >= 0.6 is 0 Å². The Bertz CT molecular complexity index is 2460. The number of nitrogens with zero attached hydrogens (tertiary/aromatic N) is 4. The lowest BCUT2D eigenvalue weighted by atomic mass is 9.74. The summed E-state index contributed by atoms with van der Waals surface area (Å²) in [7, 11) is 0. The van der Waals surface area contributed by atoms with Crippen LogP contribution in [0, 0.1) is 19.8 Å². The number of ether oxygens (including phenoxy) is 1. The van der Waals surface area contributed by atoms with E-state index in [1.165, 1.54) is 44.2 Å². The van der Waals surface area contributed by atoms with Crippen LogP contribution in [0.1, 0.15) is 109 Å². The van der Waals surface area contributed by atoms with Crippen LogP contribution < -0.4 is 4.74 Å². The van der Waals surface area contributed by atoms with Crippen LogP contribution in [0.4, 0.5) is 0 Å². The van der Waals surface area contributed by atoms with Gasteiger partial charge in [0.2, 0.25) is 0 Å². The first-order valence-electron chi connectivity index (χ1n) is 19.5. The zero-order valence-electron chi connectivity index (χ0n) is 34.3. The second-order valence-corrected chi connectivity index (χ2v) is 17.9. The third kappa shape index (κ3) is 6.97. The first-order valence-corrected chi connectivity index (χ1v) is 19.5. The highest BCUT2D eigenvalue weighted by Crippen LogP contribution is 2.44. The predicted molar refractivity (Wildman–Crippen MR) is 227 cm³/mol. The van der Waals surface area contributed by atoms with Crippen molar-refractivity contribution in [2.75, 3.05) is 0 Å². The summed E-state index contributed by atoms with van der Waals surface area (Å²) in [6.07, 6.45) is 2.94. The van der Waals surface area contributed by atoms with Crippen molar-refractivity contribution in [3.05, 3.63) is 131 Å². The van der Waals surface area contributed by atoms with E-state index >= 15 is 0 Å². The molecule has 0 aliphatic heterocycles. The van der Waals surface area contributed by atoms with Crippen molar-refractivity contribution in [2.45, 2.75) is 106 Å². The molecule has 0 aliphatic rings. The quantitative estimate of drug-likeness (QED) is 0.157. The fraction of sp³-hybridized carbons (Fsp3) is 0.347. The Balaban J connectivity index is 1.35. The maximum Gasteiger partial charge on any atom is 0.137 e. The highest BCUT2D eigenvalue weighted by Gasteiger charge is 2.29. The molecule has 3 heterocycles. The monoisotopic (exact) mass is 716 g/mol. The van der Waals surface area contributed by atoms with Gasteiger partial charge in [-0.25, -0.2) is 9.67 Å². The van der Waals surface area contributed by atoms with Crippen LogP contribution in [-0.4, -0.2) is 19.3 Å². The minimum atomic E-state index is -0.0318. The van der Waals surface area contributed by atoms with Gasteiger partial charge in [-0.2, -0.15) is 5.10 Å². The van der Waals surface area contributed by atoms with E-state index in [-0.39, 0.29) is 10.8 Å². The Hall–Kier alpha value is -5.16. The largest absolute Gasteiger partial charge is 0.457 e. The summed E-state index contributed by atoms with van der Waals surface area (Å²) < 4.78 is 11.2. The molecule has 0 unspecified atom stereocenters. The molecule has 0 amide bonds. The van der Waals surface area contributed by atoms with Gasteiger partial charge in [-0.15, -0.1) is 0 Å². The Labute approximate surface area is 322 Å². The summed E-state index contributed by atoms with van der Waals surface area (Å²) in [5.41, 5.74) is 13.0. The molecule has 7 aromatic rings. The molecule has 278 valence electrons. The second-order valence-electron chi connectivity index (χ2n) is 17.9. The molecule has 5 heteroatoms. The fourth-order valence-corrected chi connectivity index (χ4v) is 8.03. The molecular weight excluding hydrogens is 661 g/mol. The van der Waals surface area contributed by atoms with Crippen molar-refractivity contribution in [3.8, 4) is 34.1 Å². The van der Waals surface area contributed by atoms with Gasteiger partial charge in [0.1, 0.15) is 17.3 Å². The third-order valence-corrected chi connectivity index (χ3v) is 10.6. The molecule has 7 rings (SSSR count). The Kier molecular flexibility index (Phi) is 9.58. The summed E-state index contributed by atoms with van der Waals surface area (Å²) in [5, 5.41) is 7.61. The highest BCUT2D eigenvalue weighted by molar-refractivity contribution is 6.09. The fourth-order valence-electron chi connectivity index (χ4n) is 8.03. The van der Waals surface area contributed by atoms with E-state index < -0.39 is 0 Å². The standard InChI is InChI=1S/C49H56N4O/c1-30(2)24-34-22-23-50-45(25-34)52-43-19-14-13-16-39(43)40-21-20-37(29-44(40)52)54-38-27-35(31(3)4)26-36(28-38)53-33(6)46(32(5)51-53)47-41(48(7,8)9)17-15-18-42(47)49(10,11)12/h13-23,25-31H,24H2,1-12H3. The molecule has 0 saturated carbocycles. The van der Waals surface area contributed by atoms with Crippen molar-refractivity contribution in [1.82, 2.24) is 19.3 Å². The van der Waals surface area contributed by atoms with Gasteiger partial charge in [-0.05, 0) is 113 Å². The molecule has 5 nitrogen and oxygen atoms in total. The molecule has 0 aliphatic carbocycles. The van der Waals surface area contributed by atoms with Gasteiger partial charge in [0.15, 0.2) is 0 Å². The van der Waals surface area contributed by atoms with Crippen molar-refractivity contribution >= 4 is 21.8 Å². The Morgan fingerprint density at radius 2 is 1.35 bits per heavy atom. The van der Waals surface area contributed by atoms with E-state index in [1.807, 2.05) is 6.20 Å². The van der Waals surface area contributed by atoms with Crippen LogP contribution in [0.25, 0.3) is 44.4 Å². The van der Waals surface area contributed by atoms with Crippen LogP contribution in [0.15, 0.2) is 97.2 Å². The lowest BCUT2D eigenvalue weighted by molar-refractivity contribution is 0.481. The average Bonchev–Trinajstić information content (AvgIpc) is 3.59. The smallest absolute Gasteiger partial charge is 0.137 e. The lowest BCUT2D eigenvalue weighted by Gasteiger charge is -2.30. The predicted octanol–water partition coefficient (Wildman–Crippen LogP) is 13.4. The normalized spacial score (nSPS) is 12.5. The van der Waals surface area contributed by atoms with Gasteiger partial charge in [-0.3, -0.25) is 4.57 Å². The van der Waals surface area contributed by atoms with Crippen LogP contribution in [-0.2, 0) is 17.3 Å². The SMILES string of the molecule is Cc1nn(-c2cc(Oc3ccc4c5ccccc5n(-c5cc(CC(C)C)ccn5)c4c3)cc(C(C)C)c2)c(C)c1-c1c(C(C)(C)C)cccc1C(C)(C)C. The molecule has 54 heavy (non-hydrogen) atoms. The van der Waals surface area contributed by atoms with Gasteiger partial charge in [-0.1, -0.05) is 106 Å². The number of benzene rings is 4. The van der Waals surface area contributed by atoms with Crippen molar-refractivity contribution in [1.29, 1.82) is 0 Å². The molecule has 0 saturated heterocycles. The van der Waals surface area contributed by atoms with Crippen molar-refractivity contribution < 1.29 is 4.74 Å². The molecule has 0 atom stereocenters. The van der Waals surface area contributed by atoms with Crippen LogP contribution in [0.3, 0.4) is 0 Å². The number of rotatable bonds is 8. The van der Waals surface area contributed by atoms with Gasteiger partial charge >= 0.3 is 0 Å². The van der Waals surface area contributed by atoms with Gasteiger partial charge in [0, 0.05) is 40.4 Å². The second kappa shape index (κ2) is 13.9. The lowest BCUT2D eigenvalue weighted by Crippen LogP contribution is -2.19. The molecule has 3 aromatic heterocycles. The molecule has 0 radical (unpaired) electrons. The maximum atomic E-state index is 6.82. The molecule has 0 fully saturated rings. The number of para-hydroxylation sites is 1. The van der Waals surface area contributed by atoms with E-state index in [1.54, 1.807) is 0 Å². The maximum absolute atomic E-state index is 6.82. The number of hydrogen-bond acceptors (Lipinski definition) is 3. The van der Waals surface area contributed by atoms with E-state index in [0.717, 1.165) is 51.8 Å². The Morgan fingerprint density at radius 3 is 2.02 bits per heavy atom. The third-order valence-electron chi connectivity index (χ3n) is 10.6. The van der Waals surface area contributed by atoms with Crippen LogP contribution in [0.2, 0.25) is 0 Å². The summed E-state index contributed by atoms with van der Waals surface area (Å²) in [4.78, 5) is 4.87. The summed E-state index contributed by atoms with van der Waals surface area (Å²) in [5.74, 6) is 3.34. The summed E-state index contributed by atoms with van der Waals surface area (Å²) in [6, 6.07) is 32.7. The van der Waals surface area contributed by atoms with E-state index in [0.29, 0.717) is 11.8 Å². The summed E-state index contributed by atoms with van der Waals surface area (Å²) in [6.45, 7) is 27.2. The minimum absolute atomic E-state index is 0.0318. The molecule has 0 spiro atoms. The number of aromatic nitrogens is 4. The minimum Gasteiger partial charge on any atom is -0.457 e. The number of aryl methyl sites for hydroxylation is 1. The van der Waals surface area contributed by atoms with E-state index in [2.05, 4.69) is 183 Å². The number of fused-ring (bicyclic) bond motifs is 3. The van der Waals surface area contributed by atoms with Crippen molar-refractivity contribution in [3.63, 3.8) is 0 Å². The highest BCUT2D eigenvalue weighted by atomic mass is 16.5. The van der Waals surface area contributed by atoms with E-state index in [9.17, 15) is 0 Å². The topological polar surface area (TPSA) is 44.9 Å². The zero-order valence-corrected chi connectivity index (χ0v) is 34.3. The van der Waals surface area contributed by atoms with E-state index in [4.69, 9.17) is 14.8 Å². The number of hydrogen-bond donors (Lipinski definition) is 0. The first kappa shape index (κ1) is 37.2. The van der Waals surface area contributed by atoms with Crippen molar-refractivity contribution in [2.24, 2.45) is 5.92 Å². The summed E-state index contributed by atoms with van der Waals surface area (Å²) >= 11 is 0. The average molecular weight is 717 g/mol. The number of pyridine rings is 1. The van der Waals surface area contributed by atoms with Crippen LogP contribution in [0.5, 0.6) is 11.5 Å². The van der Waals surface area contributed by atoms with Gasteiger partial charge in [0.05, 0.1) is 22.4 Å². The molecule has 0 N–H and O–H groups in total.